The van der Waals surface area contributed by atoms with Crippen molar-refractivity contribution in [1.82, 2.24) is 10.4 Å². The Kier molecular flexibility index (Phi) is 7.73. The number of aryl methyl sites for hydroxylation is 1. The average molecular weight is 452 g/mol. The summed E-state index contributed by atoms with van der Waals surface area (Å²) in [6.45, 7) is 1.61. The zero-order chi connectivity index (χ0) is 19.8. The van der Waals surface area contributed by atoms with Crippen molar-refractivity contribution in [2.24, 2.45) is 5.10 Å². The van der Waals surface area contributed by atoms with Gasteiger partial charge in [-0.05, 0) is 28.9 Å². The largest absolute Gasteiger partial charge is 0.467 e. The van der Waals surface area contributed by atoms with Gasteiger partial charge in [-0.2, -0.15) is 10.4 Å². The van der Waals surface area contributed by atoms with E-state index < -0.39 is 5.91 Å². The molecule has 0 saturated carbocycles. The van der Waals surface area contributed by atoms with Crippen LogP contribution >= 0.6 is 27.5 Å². The van der Waals surface area contributed by atoms with Gasteiger partial charge in [-0.25, -0.2) is 10.4 Å². The zero-order valence-corrected chi connectivity index (χ0v) is 17.0. The number of benzene rings is 1. The molecule has 0 atom stereocenters. The Balaban J connectivity index is 2.05. The lowest BCUT2D eigenvalue weighted by molar-refractivity contribution is -0.123. The summed E-state index contributed by atoms with van der Waals surface area (Å²) in [5, 5.41) is 13.8. The molecule has 0 saturated heterocycles. The molecule has 2 aromatic rings. The Bertz CT molecular complexity index is 912. The number of pyridine rings is 1. The molecule has 0 aliphatic carbocycles. The van der Waals surface area contributed by atoms with Gasteiger partial charge in [0.2, 0.25) is 5.88 Å². The van der Waals surface area contributed by atoms with Crippen molar-refractivity contribution in [2.75, 3.05) is 13.7 Å². The standard InChI is InChI=1S/C18H16BrClN4O3/c1-11-17(19)14(9-26-2)13(7-21)18(23-11)27-10-16(25)24-22-8-12-5-3-4-6-15(12)20/h3-6,8H,9-10H2,1-2H3,(H,24,25). The number of nitriles is 1. The summed E-state index contributed by atoms with van der Waals surface area (Å²) >= 11 is 9.39. The second-order valence-corrected chi connectivity index (χ2v) is 6.52. The fourth-order valence-corrected chi connectivity index (χ4v) is 2.72. The molecule has 1 aromatic heterocycles. The van der Waals surface area contributed by atoms with Crippen LogP contribution in [0, 0.1) is 18.3 Å². The van der Waals surface area contributed by atoms with Crippen molar-refractivity contribution in [1.29, 1.82) is 5.26 Å². The number of amides is 1. The van der Waals surface area contributed by atoms with Crippen molar-refractivity contribution in [2.45, 2.75) is 13.5 Å². The lowest BCUT2D eigenvalue weighted by Crippen LogP contribution is -2.25. The SMILES string of the molecule is COCc1c(Br)c(C)nc(OCC(=O)NN=Cc2ccccc2Cl)c1C#N. The number of ether oxygens (including phenoxy) is 2. The Morgan fingerprint density at radius 2 is 2.22 bits per heavy atom. The lowest BCUT2D eigenvalue weighted by Gasteiger charge is -2.13. The molecule has 7 nitrogen and oxygen atoms in total. The van der Waals surface area contributed by atoms with Gasteiger partial charge in [0.1, 0.15) is 11.6 Å². The summed E-state index contributed by atoms with van der Waals surface area (Å²) in [5.41, 5.74) is 4.44. The summed E-state index contributed by atoms with van der Waals surface area (Å²) in [5.74, 6) is -0.437. The fourth-order valence-electron chi connectivity index (χ4n) is 2.13. The van der Waals surface area contributed by atoms with Gasteiger partial charge in [-0.1, -0.05) is 29.8 Å². The van der Waals surface area contributed by atoms with E-state index in [1.54, 1.807) is 31.2 Å². The highest BCUT2D eigenvalue weighted by molar-refractivity contribution is 9.10. The van der Waals surface area contributed by atoms with Gasteiger partial charge in [-0.15, -0.1) is 0 Å². The first-order valence-electron chi connectivity index (χ1n) is 7.75. The Labute approximate surface area is 170 Å². The third-order valence-corrected chi connectivity index (χ3v) is 4.80. The van der Waals surface area contributed by atoms with Crippen LogP contribution in [0.2, 0.25) is 5.02 Å². The Morgan fingerprint density at radius 3 is 2.89 bits per heavy atom. The molecular weight excluding hydrogens is 436 g/mol. The van der Waals surface area contributed by atoms with Crippen LogP contribution in [-0.2, 0) is 16.1 Å². The predicted molar refractivity (Wildman–Crippen MR) is 105 cm³/mol. The summed E-state index contributed by atoms with van der Waals surface area (Å²) in [4.78, 5) is 16.1. The summed E-state index contributed by atoms with van der Waals surface area (Å²) in [7, 11) is 1.52. The van der Waals surface area contributed by atoms with Gasteiger partial charge < -0.3 is 9.47 Å². The molecule has 140 valence electrons. The predicted octanol–water partition coefficient (Wildman–Crippen LogP) is 3.35. The third-order valence-electron chi connectivity index (χ3n) is 3.41. The molecule has 9 heteroatoms. The van der Waals surface area contributed by atoms with Crippen LogP contribution in [0.4, 0.5) is 0 Å². The molecule has 0 radical (unpaired) electrons. The molecule has 2 rings (SSSR count). The monoisotopic (exact) mass is 450 g/mol. The number of halogens is 2. The smallest absolute Gasteiger partial charge is 0.278 e. The number of methoxy groups -OCH3 is 1. The first-order valence-corrected chi connectivity index (χ1v) is 8.92. The van der Waals surface area contributed by atoms with Crippen LogP contribution in [0.5, 0.6) is 5.88 Å². The first kappa shape index (κ1) is 20.8. The highest BCUT2D eigenvalue weighted by atomic mass is 79.9. The van der Waals surface area contributed by atoms with E-state index in [2.05, 4.69) is 31.4 Å². The fraction of sp³-hybridized carbons (Fsp3) is 0.222. The van der Waals surface area contributed by atoms with Gasteiger partial charge in [-0.3, -0.25) is 4.79 Å². The lowest BCUT2D eigenvalue weighted by atomic mass is 10.1. The molecule has 1 amide bonds. The normalized spacial score (nSPS) is 10.6. The minimum atomic E-state index is -0.502. The first-order chi connectivity index (χ1) is 13.0. The molecule has 0 bridgehead atoms. The maximum Gasteiger partial charge on any atom is 0.278 e. The molecular formula is C18H16BrClN4O3. The van der Waals surface area contributed by atoms with Crippen LogP contribution in [0.15, 0.2) is 33.8 Å². The van der Waals surface area contributed by atoms with E-state index in [0.29, 0.717) is 26.3 Å². The minimum Gasteiger partial charge on any atom is -0.467 e. The molecule has 0 aliphatic heterocycles. The van der Waals surface area contributed by atoms with E-state index in [4.69, 9.17) is 21.1 Å². The number of carbonyl (C=O) groups excluding carboxylic acids is 1. The van der Waals surface area contributed by atoms with Crippen LogP contribution in [0.1, 0.15) is 22.4 Å². The number of rotatable bonds is 7. The van der Waals surface area contributed by atoms with Crippen molar-refractivity contribution in [3.63, 3.8) is 0 Å². The quantitative estimate of drug-likeness (QED) is 0.514. The molecule has 0 fully saturated rings. The van der Waals surface area contributed by atoms with Crippen LogP contribution < -0.4 is 10.2 Å². The third kappa shape index (κ3) is 5.50. The molecule has 1 aromatic carbocycles. The van der Waals surface area contributed by atoms with Crippen molar-refractivity contribution >= 4 is 39.7 Å². The summed E-state index contributed by atoms with van der Waals surface area (Å²) < 4.78 is 11.2. The second-order valence-electron chi connectivity index (χ2n) is 5.32. The number of hydrazone groups is 1. The van der Waals surface area contributed by atoms with E-state index in [1.807, 2.05) is 6.07 Å². The van der Waals surface area contributed by atoms with Crippen LogP contribution in [0.3, 0.4) is 0 Å². The molecule has 0 spiro atoms. The number of hydrogen-bond donors (Lipinski definition) is 1. The number of carbonyl (C=O) groups is 1. The van der Waals surface area contributed by atoms with Gasteiger partial charge in [0.25, 0.3) is 5.91 Å². The maximum absolute atomic E-state index is 11.9. The maximum atomic E-state index is 11.9. The molecule has 27 heavy (non-hydrogen) atoms. The van der Waals surface area contributed by atoms with Crippen molar-refractivity contribution in [3.8, 4) is 11.9 Å². The molecule has 1 heterocycles. The number of hydrogen-bond acceptors (Lipinski definition) is 6. The highest BCUT2D eigenvalue weighted by Crippen LogP contribution is 2.29. The van der Waals surface area contributed by atoms with Gasteiger partial charge in [0.05, 0.1) is 18.5 Å². The number of aromatic nitrogens is 1. The zero-order valence-electron chi connectivity index (χ0n) is 14.6. The summed E-state index contributed by atoms with van der Waals surface area (Å²) in [6, 6.07) is 9.12. The van der Waals surface area contributed by atoms with Crippen molar-refractivity contribution in [3.05, 3.63) is 56.1 Å². The van der Waals surface area contributed by atoms with E-state index in [0.717, 1.165) is 0 Å². The Hall–Kier alpha value is -2.47. The van der Waals surface area contributed by atoms with Crippen molar-refractivity contribution < 1.29 is 14.3 Å². The van der Waals surface area contributed by atoms with E-state index in [9.17, 15) is 10.1 Å². The van der Waals surface area contributed by atoms with E-state index in [1.165, 1.54) is 13.3 Å². The van der Waals surface area contributed by atoms with Gasteiger partial charge >= 0.3 is 0 Å². The molecule has 0 aliphatic rings. The van der Waals surface area contributed by atoms with E-state index >= 15 is 0 Å². The van der Waals surface area contributed by atoms with Gasteiger partial charge in [0.15, 0.2) is 6.61 Å². The van der Waals surface area contributed by atoms with E-state index in [-0.39, 0.29) is 24.7 Å². The average Bonchev–Trinajstić information content (AvgIpc) is 2.65. The number of nitrogens with one attached hydrogen (secondary N) is 1. The van der Waals surface area contributed by atoms with Crippen LogP contribution in [0.25, 0.3) is 0 Å². The van der Waals surface area contributed by atoms with Gasteiger partial charge in [0, 0.05) is 27.7 Å². The number of nitrogens with zero attached hydrogens (tertiary/aromatic N) is 3. The minimum absolute atomic E-state index is 0.0653. The molecule has 0 unspecified atom stereocenters. The topological polar surface area (TPSA) is 96.6 Å². The van der Waals surface area contributed by atoms with Crippen LogP contribution in [-0.4, -0.2) is 30.8 Å². The highest BCUT2D eigenvalue weighted by Gasteiger charge is 2.18. The second kappa shape index (κ2) is 10.0. The Morgan fingerprint density at radius 1 is 1.48 bits per heavy atom. The molecule has 1 N–H and O–H groups in total. The summed E-state index contributed by atoms with van der Waals surface area (Å²) in [6.07, 6.45) is 1.43.